The van der Waals surface area contributed by atoms with E-state index in [4.69, 9.17) is 10.5 Å². The smallest absolute Gasteiger partial charge is 0.236 e. The van der Waals surface area contributed by atoms with E-state index in [1.807, 2.05) is 24.3 Å². The maximum absolute atomic E-state index is 11.2. The van der Waals surface area contributed by atoms with Crippen LogP contribution in [0.2, 0.25) is 0 Å². The normalized spacial score (nSPS) is 11.9. The molecule has 0 fully saturated rings. The Morgan fingerprint density at radius 2 is 2.31 bits per heavy atom. The van der Waals surface area contributed by atoms with Crippen LogP contribution in [0.3, 0.4) is 0 Å². The molecule has 88 valence electrons. The van der Waals surface area contributed by atoms with Crippen molar-refractivity contribution in [3.8, 4) is 5.75 Å². The molecule has 0 heterocycles. The second kappa shape index (κ2) is 6.12. The van der Waals surface area contributed by atoms with Gasteiger partial charge in [0.05, 0.1) is 13.2 Å². The number of hydrogen-bond donors (Lipinski definition) is 2. The Balaban J connectivity index is 2.40. The Labute approximate surface area is 95.8 Å². The van der Waals surface area contributed by atoms with E-state index in [9.17, 15) is 4.79 Å². The SMILES string of the molecule is COc1cccc(CCNC(=O)[C@H](C)N)c1. The summed E-state index contributed by atoms with van der Waals surface area (Å²) in [5.41, 5.74) is 6.56. The van der Waals surface area contributed by atoms with Crippen LogP contribution in [-0.4, -0.2) is 25.6 Å². The van der Waals surface area contributed by atoms with Gasteiger partial charge in [-0.2, -0.15) is 0 Å². The summed E-state index contributed by atoms with van der Waals surface area (Å²) in [6, 6.07) is 7.33. The molecule has 0 aliphatic carbocycles. The largest absolute Gasteiger partial charge is 0.497 e. The average molecular weight is 222 g/mol. The number of benzene rings is 1. The first-order valence-corrected chi connectivity index (χ1v) is 5.29. The number of methoxy groups -OCH3 is 1. The number of hydrogen-bond acceptors (Lipinski definition) is 3. The summed E-state index contributed by atoms with van der Waals surface area (Å²) in [4.78, 5) is 11.2. The van der Waals surface area contributed by atoms with Crippen molar-refractivity contribution < 1.29 is 9.53 Å². The molecule has 0 aliphatic rings. The Kier molecular flexibility index (Phi) is 4.79. The first-order valence-electron chi connectivity index (χ1n) is 5.29. The Morgan fingerprint density at radius 1 is 1.56 bits per heavy atom. The monoisotopic (exact) mass is 222 g/mol. The average Bonchev–Trinajstić information content (AvgIpc) is 2.29. The van der Waals surface area contributed by atoms with E-state index in [2.05, 4.69) is 5.32 Å². The van der Waals surface area contributed by atoms with Crippen molar-refractivity contribution in [1.82, 2.24) is 5.32 Å². The molecule has 3 N–H and O–H groups in total. The van der Waals surface area contributed by atoms with Gasteiger partial charge in [-0.1, -0.05) is 12.1 Å². The summed E-state index contributed by atoms with van der Waals surface area (Å²) in [5.74, 6) is 0.707. The van der Waals surface area contributed by atoms with Crippen LogP contribution >= 0.6 is 0 Å². The lowest BCUT2D eigenvalue weighted by atomic mass is 10.1. The molecule has 1 aromatic carbocycles. The van der Waals surface area contributed by atoms with Crippen molar-refractivity contribution in [3.05, 3.63) is 29.8 Å². The lowest BCUT2D eigenvalue weighted by molar-refractivity contribution is -0.121. The lowest BCUT2D eigenvalue weighted by Crippen LogP contribution is -2.39. The first-order chi connectivity index (χ1) is 7.63. The third-order valence-electron chi connectivity index (χ3n) is 2.26. The van der Waals surface area contributed by atoms with Crippen LogP contribution in [-0.2, 0) is 11.2 Å². The number of amides is 1. The fourth-order valence-corrected chi connectivity index (χ4v) is 1.32. The van der Waals surface area contributed by atoms with Gasteiger partial charge < -0.3 is 15.8 Å². The molecule has 1 aromatic rings. The molecule has 0 aromatic heterocycles. The molecule has 0 radical (unpaired) electrons. The zero-order chi connectivity index (χ0) is 12.0. The van der Waals surface area contributed by atoms with Crippen molar-refractivity contribution in [2.45, 2.75) is 19.4 Å². The van der Waals surface area contributed by atoms with Crippen molar-refractivity contribution >= 4 is 5.91 Å². The minimum Gasteiger partial charge on any atom is -0.497 e. The highest BCUT2D eigenvalue weighted by atomic mass is 16.5. The van der Waals surface area contributed by atoms with Crippen LogP contribution in [0, 0.1) is 0 Å². The van der Waals surface area contributed by atoms with Crippen molar-refractivity contribution in [1.29, 1.82) is 0 Å². The number of nitrogens with one attached hydrogen (secondary N) is 1. The molecule has 16 heavy (non-hydrogen) atoms. The van der Waals surface area contributed by atoms with E-state index in [0.29, 0.717) is 6.54 Å². The van der Waals surface area contributed by atoms with Gasteiger partial charge in [0.15, 0.2) is 0 Å². The number of rotatable bonds is 5. The van der Waals surface area contributed by atoms with E-state index in [0.717, 1.165) is 17.7 Å². The van der Waals surface area contributed by atoms with Gasteiger partial charge in [-0.15, -0.1) is 0 Å². The lowest BCUT2D eigenvalue weighted by Gasteiger charge is -2.08. The van der Waals surface area contributed by atoms with Gasteiger partial charge >= 0.3 is 0 Å². The molecule has 4 nitrogen and oxygen atoms in total. The van der Waals surface area contributed by atoms with Gasteiger partial charge in [0, 0.05) is 6.54 Å². The Morgan fingerprint density at radius 3 is 2.94 bits per heavy atom. The second-order valence-electron chi connectivity index (χ2n) is 3.68. The zero-order valence-electron chi connectivity index (χ0n) is 9.69. The van der Waals surface area contributed by atoms with E-state index in [1.165, 1.54) is 0 Å². The van der Waals surface area contributed by atoms with E-state index >= 15 is 0 Å². The minimum absolute atomic E-state index is 0.122. The van der Waals surface area contributed by atoms with Gasteiger partial charge in [0.2, 0.25) is 5.91 Å². The first kappa shape index (κ1) is 12.5. The number of nitrogens with two attached hydrogens (primary N) is 1. The van der Waals surface area contributed by atoms with Crippen molar-refractivity contribution in [2.75, 3.05) is 13.7 Å². The summed E-state index contributed by atoms with van der Waals surface area (Å²) in [5, 5.41) is 2.76. The van der Waals surface area contributed by atoms with E-state index < -0.39 is 6.04 Å². The predicted molar refractivity (Wildman–Crippen MR) is 63.4 cm³/mol. The quantitative estimate of drug-likeness (QED) is 0.771. The fraction of sp³-hybridized carbons (Fsp3) is 0.417. The molecule has 0 saturated carbocycles. The summed E-state index contributed by atoms with van der Waals surface area (Å²) in [6.45, 7) is 2.26. The molecule has 1 atom stereocenters. The van der Waals surface area contributed by atoms with Crippen molar-refractivity contribution in [2.24, 2.45) is 5.73 Å². The highest BCUT2D eigenvalue weighted by molar-refractivity contribution is 5.80. The maximum Gasteiger partial charge on any atom is 0.236 e. The summed E-state index contributed by atoms with van der Waals surface area (Å²) < 4.78 is 5.11. The van der Waals surface area contributed by atoms with Gasteiger partial charge in [-0.3, -0.25) is 4.79 Å². The number of carbonyl (C=O) groups is 1. The molecule has 0 saturated heterocycles. The van der Waals surface area contributed by atoms with Crippen LogP contribution in [0.5, 0.6) is 5.75 Å². The molecule has 0 aliphatic heterocycles. The summed E-state index contributed by atoms with van der Waals surface area (Å²) >= 11 is 0. The molecular weight excluding hydrogens is 204 g/mol. The Bertz CT molecular complexity index is 351. The topological polar surface area (TPSA) is 64.3 Å². The fourth-order valence-electron chi connectivity index (χ4n) is 1.32. The molecule has 0 unspecified atom stereocenters. The second-order valence-corrected chi connectivity index (χ2v) is 3.68. The predicted octanol–water partition coefficient (Wildman–Crippen LogP) is 0.701. The van der Waals surface area contributed by atoms with Crippen LogP contribution in [0.15, 0.2) is 24.3 Å². The summed E-state index contributed by atoms with van der Waals surface area (Å²) in [6.07, 6.45) is 0.773. The van der Waals surface area contributed by atoms with Crippen molar-refractivity contribution in [3.63, 3.8) is 0 Å². The molecule has 1 amide bonds. The number of ether oxygens (including phenoxy) is 1. The Hall–Kier alpha value is -1.55. The minimum atomic E-state index is -0.453. The molecule has 4 heteroatoms. The van der Waals surface area contributed by atoms with Gasteiger partial charge in [-0.25, -0.2) is 0 Å². The van der Waals surface area contributed by atoms with Crippen LogP contribution in [0.1, 0.15) is 12.5 Å². The highest BCUT2D eigenvalue weighted by Gasteiger charge is 2.05. The van der Waals surface area contributed by atoms with Crippen LogP contribution < -0.4 is 15.8 Å². The molecule has 0 spiro atoms. The number of carbonyl (C=O) groups excluding carboxylic acids is 1. The molecular formula is C12H18N2O2. The zero-order valence-corrected chi connectivity index (χ0v) is 9.69. The van der Waals surface area contributed by atoms with Crippen LogP contribution in [0.25, 0.3) is 0 Å². The standard InChI is InChI=1S/C12H18N2O2/c1-9(13)12(15)14-7-6-10-4-3-5-11(8-10)16-2/h3-5,8-9H,6-7,13H2,1-2H3,(H,14,15)/t9-/m0/s1. The van der Waals surface area contributed by atoms with E-state index in [1.54, 1.807) is 14.0 Å². The third kappa shape index (κ3) is 3.90. The van der Waals surface area contributed by atoms with Gasteiger partial charge in [-0.05, 0) is 31.0 Å². The third-order valence-corrected chi connectivity index (χ3v) is 2.26. The summed E-state index contributed by atoms with van der Waals surface area (Å²) in [7, 11) is 1.64. The van der Waals surface area contributed by atoms with E-state index in [-0.39, 0.29) is 5.91 Å². The van der Waals surface area contributed by atoms with Gasteiger partial charge in [0.25, 0.3) is 0 Å². The molecule has 0 bridgehead atoms. The van der Waals surface area contributed by atoms with Gasteiger partial charge in [0.1, 0.15) is 5.75 Å². The molecule has 1 rings (SSSR count). The maximum atomic E-state index is 11.2. The highest BCUT2D eigenvalue weighted by Crippen LogP contribution is 2.12. The van der Waals surface area contributed by atoms with Crippen LogP contribution in [0.4, 0.5) is 0 Å².